The van der Waals surface area contributed by atoms with E-state index in [2.05, 4.69) is 0 Å². The zero-order valence-corrected chi connectivity index (χ0v) is 14.5. The van der Waals surface area contributed by atoms with Crippen LogP contribution in [-0.2, 0) is 10.3 Å². The Bertz CT molecular complexity index is 873. The van der Waals surface area contributed by atoms with E-state index in [-0.39, 0.29) is 11.9 Å². The lowest BCUT2D eigenvalue weighted by Gasteiger charge is -2.39. The standard InChI is InChI=1S/C21H21NO3/c1-14-8-9-16(15(2)12-14)19(23)22-11-5-10-21(13-22)18-7-4-3-6-17(18)20(24)25-21/h3-4,6-9,12H,5,10-11,13H2,1-2H3. The van der Waals surface area contributed by atoms with Gasteiger partial charge < -0.3 is 9.64 Å². The lowest BCUT2D eigenvalue weighted by atomic mass is 9.84. The SMILES string of the molecule is Cc1ccc(C(=O)N2CCCC3(C2)OC(=O)c2ccccc23)c(C)c1. The largest absolute Gasteiger partial charge is 0.449 e. The number of amides is 1. The summed E-state index contributed by atoms with van der Waals surface area (Å²) in [7, 11) is 0. The van der Waals surface area contributed by atoms with Gasteiger partial charge in [0.2, 0.25) is 0 Å². The van der Waals surface area contributed by atoms with Crippen LogP contribution in [0.5, 0.6) is 0 Å². The minimum Gasteiger partial charge on any atom is -0.449 e. The van der Waals surface area contributed by atoms with Gasteiger partial charge in [-0.2, -0.15) is 0 Å². The van der Waals surface area contributed by atoms with Crippen LogP contribution in [-0.4, -0.2) is 29.9 Å². The fraction of sp³-hybridized carbons (Fsp3) is 0.333. The monoisotopic (exact) mass is 335 g/mol. The average molecular weight is 335 g/mol. The summed E-state index contributed by atoms with van der Waals surface area (Å²) in [5, 5.41) is 0. The van der Waals surface area contributed by atoms with E-state index in [1.807, 2.05) is 55.1 Å². The van der Waals surface area contributed by atoms with Gasteiger partial charge >= 0.3 is 5.97 Å². The van der Waals surface area contributed by atoms with Crippen molar-refractivity contribution in [2.45, 2.75) is 32.3 Å². The molecule has 0 radical (unpaired) electrons. The molecule has 1 spiro atoms. The quantitative estimate of drug-likeness (QED) is 0.748. The lowest BCUT2D eigenvalue weighted by Crippen LogP contribution is -2.48. The van der Waals surface area contributed by atoms with E-state index in [1.165, 1.54) is 0 Å². The molecule has 1 unspecified atom stereocenters. The molecule has 2 aromatic rings. The molecule has 2 aliphatic heterocycles. The highest BCUT2D eigenvalue weighted by atomic mass is 16.6. The summed E-state index contributed by atoms with van der Waals surface area (Å²) in [6.07, 6.45) is 1.57. The van der Waals surface area contributed by atoms with E-state index < -0.39 is 5.60 Å². The third kappa shape index (κ3) is 2.53. The number of rotatable bonds is 1. The summed E-state index contributed by atoms with van der Waals surface area (Å²) in [6, 6.07) is 13.4. The molecule has 1 fully saturated rings. The van der Waals surface area contributed by atoms with Gasteiger partial charge in [-0.3, -0.25) is 4.79 Å². The number of likely N-dealkylation sites (tertiary alicyclic amines) is 1. The minimum absolute atomic E-state index is 0.0111. The molecule has 25 heavy (non-hydrogen) atoms. The van der Waals surface area contributed by atoms with Crippen LogP contribution in [0, 0.1) is 13.8 Å². The van der Waals surface area contributed by atoms with Crippen molar-refractivity contribution in [2.24, 2.45) is 0 Å². The number of nitrogens with zero attached hydrogens (tertiary/aromatic N) is 1. The Kier molecular flexibility index (Phi) is 3.64. The predicted molar refractivity (Wildman–Crippen MR) is 94.6 cm³/mol. The molecule has 0 saturated carbocycles. The number of aryl methyl sites for hydroxylation is 2. The molecular weight excluding hydrogens is 314 g/mol. The third-order valence-corrected chi connectivity index (χ3v) is 5.28. The molecule has 0 N–H and O–H groups in total. The van der Waals surface area contributed by atoms with Crippen molar-refractivity contribution in [2.75, 3.05) is 13.1 Å². The van der Waals surface area contributed by atoms with E-state index in [9.17, 15) is 9.59 Å². The highest BCUT2D eigenvalue weighted by Gasteiger charge is 2.48. The Morgan fingerprint density at radius 2 is 1.96 bits per heavy atom. The summed E-state index contributed by atoms with van der Waals surface area (Å²) < 4.78 is 5.79. The van der Waals surface area contributed by atoms with Gasteiger partial charge in [0.15, 0.2) is 5.60 Å². The minimum atomic E-state index is -0.694. The number of benzene rings is 2. The molecule has 1 amide bonds. The van der Waals surface area contributed by atoms with Crippen molar-refractivity contribution in [3.8, 4) is 0 Å². The van der Waals surface area contributed by atoms with Crippen LogP contribution in [0.3, 0.4) is 0 Å². The number of esters is 1. The van der Waals surface area contributed by atoms with Crippen molar-refractivity contribution in [3.63, 3.8) is 0 Å². The van der Waals surface area contributed by atoms with Crippen LogP contribution in [0.1, 0.15) is 50.2 Å². The first kappa shape index (κ1) is 15.9. The van der Waals surface area contributed by atoms with Crippen molar-refractivity contribution >= 4 is 11.9 Å². The van der Waals surface area contributed by atoms with Crippen molar-refractivity contribution in [1.29, 1.82) is 0 Å². The second-order valence-corrected chi connectivity index (χ2v) is 7.08. The Balaban J connectivity index is 1.66. The first-order valence-electron chi connectivity index (χ1n) is 8.70. The Labute approximate surface area is 147 Å². The summed E-state index contributed by atoms with van der Waals surface area (Å²) >= 11 is 0. The fourth-order valence-electron chi connectivity index (χ4n) is 4.07. The van der Waals surface area contributed by atoms with Gasteiger partial charge in [0.25, 0.3) is 5.91 Å². The van der Waals surface area contributed by atoms with Gasteiger partial charge in [-0.1, -0.05) is 35.9 Å². The molecule has 4 rings (SSSR count). The zero-order chi connectivity index (χ0) is 17.6. The summed E-state index contributed by atoms with van der Waals surface area (Å²) in [6.45, 7) is 5.09. The maximum absolute atomic E-state index is 13.1. The van der Waals surface area contributed by atoms with E-state index >= 15 is 0 Å². The maximum Gasteiger partial charge on any atom is 0.339 e. The van der Waals surface area contributed by atoms with Gasteiger partial charge in [0, 0.05) is 17.7 Å². The van der Waals surface area contributed by atoms with Crippen LogP contribution in [0.25, 0.3) is 0 Å². The van der Waals surface area contributed by atoms with E-state index in [0.29, 0.717) is 18.7 Å². The Morgan fingerprint density at radius 3 is 2.76 bits per heavy atom. The third-order valence-electron chi connectivity index (χ3n) is 5.28. The Hall–Kier alpha value is -2.62. The number of hydrogen-bond donors (Lipinski definition) is 0. The molecule has 2 heterocycles. The molecule has 2 aliphatic rings. The number of piperidine rings is 1. The molecule has 0 aromatic heterocycles. The maximum atomic E-state index is 13.1. The number of ether oxygens (including phenoxy) is 1. The number of fused-ring (bicyclic) bond motifs is 2. The topological polar surface area (TPSA) is 46.6 Å². The number of hydrogen-bond acceptors (Lipinski definition) is 3. The molecule has 4 nitrogen and oxygen atoms in total. The van der Waals surface area contributed by atoms with Gasteiger partial charge in [0.1, 0.15) is 0 Å². The van der Waals surface area contributed by atoms with Gasteiger partial charge in [-0.15, -0.1) is 0 Å². The normalized spacial score (nSPS) is 22.0. The zero-order valence-electron chi connectivity index (χ0n) is 14.5. The molecule has 0 bridgehead atoms. The number of carbonyl (C=O) groups is 2. The van der Waals surface area contributed by atoms with Crippen molar-refractivity contribution in [3.05, 3.63) is 70.3 Å². The molecule has 128 valence electrons. The van der Waals surface area contributed by atoms with Crippen LogP contribution in [0.2, 0.25) is 0 Å². The first-order valence-corrected chi connectivity index (χ1v) is 8.70. The van der Waals surface area contributed by atoms with Gasteiger partial charge in [-0.25, -0.2) is 4.79 Å². The average Bonchev–Trinajstić information content (AvgIpc) is 2.87. The second-order valence-electron chi connectivity index (χ2n) is 7.08. The van der Waals surface area contributed by atoms with Crippen molar-refractivity contribution in [1.82, 2.24) is 4.90 Å². The molecule has 1 saturated heterocycles. The summed E-state index contributed by atoms with van der Waals surface area (Å²) in [5.41, 5.74) is 3.69. The van der Waals surface area contributed by atoms with Gasteiger partial charge in [-0.05, 0) is 44.4 Å². The van der Waals surface area contributed by atoms with Gasteiger partial charge in [0.05, 0.1) is 12.1 Å². The highest BCUT2D eigenvalue weighted by Crippen LogP contribution is 2.43. The molecular formula is C21H21NO3. The molecule has 4 heteroatoms. The number of carbonyl (C=O) groups excluding carboxylic acids is 2. The molecule has 1 atom stereocenters. The molecule has 0 aliphatic carbocycles. The lowest BCUT2D eigenvalue weighted by molar-refractivity contribution is -0.0442. The molecule has 2 aromatic carbocycles. The summed E-state index contributed by atoms with van der Waals surface area (Å²) in [5.74, 6) is -0.270. The smallest absolute Gasteiger partial charge is 0.339 e. The van der Waals surface area contributed by atoms with E-state index in [1.54, 1.807) is 6.07 Å². The second kappa shape index (κ2) is 5.73. The van der Waals surface area contributed by atoms with E-state index in [0.717, 1.165) is 35.1 Å². The Morgan fingerprint density at radius 1 is 1.16 bits per heavy atom. The van der Waals surface area contributed by atoms with Crippen LogP contribution in [0.4, 0.5) is 0 Å². The van der Waals surface area contributed by atoms with Crippen LogP contribution < -0.4 is 0 Å². The van der Waals surface area contributed by atoms with E-state index in [4.69, 9.17) is 4.74 Å². The fourth-order valence-corrected chi connectivity index (χ4v) is 4.07. The van der Waals surface area contributed by atoms with Crippen LogP contribution >= 0.6 is 0 Å². The highest BCUT2D eigenvalue weighted by molar-refractivity contribution is 5.97. The van der Waals surface area contributed by atoms with Crippen molar-refractivity contribution < 1.29 is 14.3 Å². The first-order chi connectivity index (χ1) is 12.0. The van der Waals surface area contributed by atoms with Crippen LogP contribution in [0.15, 0.2) is 42.5 Å². The summed E-state index contributed by atoms with van der Waals surface area (Å²) in [4.78, 5) is 27.1. The predicted octanol–water partition coefficient (Wildman–Crippen LogP) is 3.61.